The van der Waals surface area contributed by atoms with Crippen molar-refractivity contribution in [3.63, 3.8) is 0 Å². The molecule has 156 valence electrons. The Bertz CT molecular complexity index is 993. The van der Waals surface area contributed by atoms with Crippen LogP contribution in [0.15, 0.2) is 52.5 Å². The van der Waals surface area contributed by atoms with Crippen LogP contribution in [0.1, 0.15) is 31.9 Å². The first-order valence-electron chi connectivity index (χ1n) is 8.71. The van der Waals surface area contributed by atoms with Gasteiger partial charge in [0.05, 0.1) is 13.3 Å². The number of hydrogen-bond donors (Lipinski definition) is 1. The van der Waals surface area contributed by atoms with Crippen molar-refractivity contribution in [1.82, 2.24) is 5.43 Å². The van der Waals surface area contributed by atoms with E-state index in [1.54, 1.807) is 39.0 Å². The van der Waals surface area contributed by atoms with E-state index in [1.807, 2.05) is 6.92 Å². The fourth-order valence-electron chi connectivity index (χ4n) is 2.16. The molecule has 0 aliphatic carbocycles. The van der Waals surface area contributed by atoms with Gasteiger partial charge in [-0.25, -0.2) is 10.2 Å². The van der Waals surface area contributed by atoms with Crippen molar-refractivity contribution in [1.29, 1.82) is 0 Å². The summed E-state index contributed by atoms with van der Waals surface area (Å²) < 4.78 is 40.4. The van der Waals surface area contributed by atoms with Gasteiger partial charge in [-0.2, -0.15) is 13.5 Å². The zero-order valence-electron chi connectivity index (χ0n) is 16.9. The van der Waals surface area contributed by atoms with Crippen LogP contribution in [-0.2, 0) is 14.9 Å². The predicted octanol–water partition coefficient (Wildman–Crippen LogP) is 3.63. The highest BCUT2D eigenvalue weighted by Crippen LogP contribution is 2.30. The molecule has 2 aromatic carbocycles. The van der Waals surface area contributed by atoms with E-state index in [-0.39, 0.29) is 16.4 Å². The predicted molar refractivity (Wildman–Crippen MR) is 109 cm³/mol. The summed E-state index contributed by atoms with van der Waals surface area (Å²) in [5.74, 6) is 0.229. The second kappa shape index (κ2) is 8.95. The lowest BCUT2D eigenvalue weighted by molar-refractivity contribution is 0.0529. The molecule has 8 nitrogen and oxygen atoms in total. The third-order valence-electron chi connectivity index (χ3n) is 3.47. The Morgan fingerprint density at radius 1 is 1.07 bits per heavy atom. The van der Waals surface area contributed by atoms with Gasteiger partial charge in [0.2, 0.25) is 0 Å². The summed E-state index contributed by atoms with van der Waals surface area (Å²) >= 11 is 0. The van der Waals surface area contributed by atoms with Gasteiger partial charge >= 0.3 is 16.2 Å². The monoisotopic (exact) mass is 420 g/mol. The third-order valence-corrected chi connectivity index (χ3v) is 4.71. The van der Waals surface area contributed by atoms with Gasteiger partial charge in [-0.3, -0.25) is 0 Å². The number of nitrogens with one attached hydrogen (secondary N) is 1. The molecule has 0 atom stereocenters. The highest BCUT2D eigenvalue weighted by molar-refractivity contribution is 7.87. The van der Waals surface area contributed by atoms with Gasteiger partial charge in [0.25, 0.3) is 0 Å². The maximum absolute atomic E-state index is 12.5. The molecule has 29 heavy (non-hydrogen) atoms. The van der Waals surface area contributed by atoms with Gasteiger partial charge in [-0.15, -0.1) is 0 Å². The van der Waals surface area contributed by atoms with Gasteiger partial charge in [0.1, 0.15) is 10.5 Å². The Kier molecular flexibility index (Phi) is 6.86. The Balaban J connectivity index is 2.13. The molecular weight excluding hydrogens is 396 g/mol. The molecule has 2 rings (SSSR count). The maximum Gasteiger partial charge on any atom is 0.428 e. The number of methoxy groups -OCH3 is 1. The average molecular weight is 420 g/mol. The molecule has 1 N–H and O–H groups in total. The summed E-state index contributed by atoms with van der Waals surface area (Å²) in [5.41, 5.74) is 3.10. The number of nitrogens with zero attached hydrogens (tertiary/aromatic N) is 1. The Labute approximate surface area is 170 Å². The quantitative estimate of drug-likeness (QED) is 0.435. The summed E-state index contributed by atoms with van der Waals surface area (Å²) in [4.78, 5) is 11.6. The lowest BCUT2D eigenvalue weighted by atomic mass is 10.2. The molecule has 0 heterocycles. The Hall–Kier alpha value is -3.07. The number of aryl methyl sites for hydroxylation is 1. The normalized spacial score (nSPS) is 11.9. The number of hydrogen-bond acceptors (Lipinski definition) is 7. The molecule has 2 aromatic rings. The molecule has 0 saturated heterocycles. The SMILES string of the molecule is COc1cc(C=NNC(=O)OC(C)(C)C)ccc1OS(=O)(=O)c1ccc(C)cc1. The standard InChI is InChI=1S/C20H24N2O6S/c1-14-6-9-16(10-7-14)29(24,25)28-17-11-8-15(12-18(17)26-5)13-21-22-19(23)27-20(2,3)4/h6-13H,1-5H3,(H,22,23). The van der Waals surface area contributed by atoms with E-state index in [0.29, 0.717) is 5.56 Å². The van der Waals surface area contributed by atoms with Gasteiger partial charge < -0.3 is 13.7 Å². The van der Waals surface area contributed by atoms with Gasteiger partial charge in [-0.05, 0) is 63.6 Å². The number of hydrazone groups is 1. The van der Waals surface area contributed by atoms with Crippen molar-refractivity contribution in [2.24, 2.45) is 5.10 Å². The van der Waals surface area contributed by atoms with Crippen LogP contribution < -0.4 is 14.3 Å². The first-order chi connectivity index (χ1) is 13.5. The summed E-state index contributed by atoms with van der Waals surface area (Å²) in [7, 11) is -2.62. The smallest absolute Gasteiger partial charge is 0.428 e. The number of carbonyl (C=O) groups is 1. The van der Waals surface area contributed by atoms with Gasteiger partial charge in [-0.1, -0.05) is 17.7 Å². The fourth-order valence-corrected chi connectivity index (χ4v) is 3.10. The van der Waals surface area contributed by atoms with Crippen LogP contribution in [0.25, 0.3) is 0 Å². The van der Waals surface area contributed by atoms with Gasteiger partial charge in [0.15, 0.2) is 11.5 Å². The van der Waals surface area contributed by atoms with E-state index >= 15 is 0 Å². The minimum absolute atomic E-state index is 0.0327. The van der Waals surface area contributed by atoms with E-state index < -0.39 is 21.8 Å². The molecule has 0 bridgehead atoms. The third kappa shape index (κ3) is 6.79. The molecule has 0 aliphatic heterocycles. The maximum atomic E-state index is 12.5. The molecule has 0 spiro atoms. The highest BCUT2D eigenvalue weighted by atomic mass is 32.2. The van der Waals surface area contributed by atoms with Crippen molar-refractivity contribution in [2.45, 2.75) is 38.2 Å². The van der Waals surface area contributed by atoms with Crippen LogP contribution in [0.4, 0.5) is 4.79 Å². The van der Waals surface area contributed by atoms with Crippen LogP contribution in [0.3, 0.4) is 0 Å². The van der Waals surface area contributed by atoms with Crippen LogP contribution in [0.2, 0.25) is 0 Å². The zero-order chi connectivity index (χ0) is 21.7. The molecule has 0 fully saturated rings. The largest absolute Gasteiger partial charge is 0.493 e. The number of rotatable bonds is 6. The summed E-state index contributed by atoms with van der Waals surface area (Å²) in [6, 6.07) is 10.9. The second-order valence-electron chi connectivity index (χ2n) is 7.13. The van der Waals surface area contributed by atoms with Crippen LogP contribution in [0, 0.1) is 6.92 Å². The van der Waals surface area contributed by atoms with E-state index in [4.69, 9.17) is 13.7 Å². The number of amides is 1. The second-order valence-corrected chi connectivity index (χ2v) is 8.68. The van der Waals surface area contributed by atoms with Crippen molar-refractivity contribution < 1.29 is 26.9 Å². The van der Waals surface area contributed by atoms with E-state index in [1.165, 1.54) is 37.6 Å². The minimum Gasteiger partial charge on any atom is -0.493 e. The van der Waals surface area contributed by atoms with Crippen molar-refractivity contribution >= 4 is 22.4 Å². The van der Waals surface area contributed by atoms with Gasteiger partial charge in [0, 0.05) is 0 Å². The number of carbonyl (C=O) groups excluding carboxylic acids is 1. The Morgan fingerprint density at radius 3 is 2.31 bits per heavy atom. The molecule has 0 saturated carbocycles. The topological polar surface area (TPSA) is 103 Å². The van der Waals surface area contributed by atoms with Crippen molar-refractivity contribution in [3.05, 3.63) is 53.6 Å². The van der Waals surface area contributed by atoms with Crippen molar-refractivity contribution in [3.8, 4) is 11.5 Å². The summed E-state index contributed by atoms with van der Waals surface area (Å²) in [6.45, 7) is 7.08. The zero-order valence-corrected chi connectivity index (χ0v) is 17.7. The molecule has 0 unspecified atom stereocenters. The van der Waals surface area contributed by atoms with Crippen LogP contribution >= 0.6 is 0 Å². The molecular formula is C20H24N2O6S. The Morgan fingerprint density at radius 2 is 1.72 bits per heavy atom. The number of ether oxygens (including phenoxy) is 2. The summed E-state index contributed by atoms with van der Waals surface area (Å²) in [5, 5.41) is 3.80. The minimum atomic E-state index is -4.01. The lowest BCUT2D eigenvalue weighted by Gasteiger charge is -2.18. The molecule has 0 aromatic heterocycles. The van der Waals surface area contributed by atoms with Crippen LogP contribution in [0.5, 0.6) is 11.5 Å². The van der Waals surface area contributed by atoms with Crippen LogP contribution in [-0.4, -0.2) is 33.4 Å². The summed E-state index contributed by atoms with van der Waals surface area (Å²) in [6.07, 6.45) is 0.676. The molecule has 9 heteroatoms. The van der Waals surface area contributed by atoms with E-state index in [0.717, 1.165) is 5.56 Å². The lowest BCUT2D eigenvalue weighted by Crippen LogP contribution is -2.29. The van der Waals surface area contributed by atoms with Crippen molar-refractivity contribution in [2.75, 3.05) is 7.11 Å². The first kappa shape index (κ1) is 22.2. The molecule has 0 radical (unpaired) electrons. The van der Waals surface area contributed by atoms with E-state index in [2.05, 4.69) is 10.5 Å². The average Bonchev–Trinajstić information content (AvgIpc) is 2.61. The molecule has 1 amide bonds. The van der Waals surface area contributed by atoms with E-state index in [9.17, 15) is 13.2 Å². The highest BCUT2D eigenvalue weighted by Gasteiger charge is 2.19. The first-order valence-corrected chi connectivity index (χ1v) is 10.1. The molecule has 0 aliphatic rings. The number of benzene rings is 2. The fraction of sp³-hybridized carbons (Fsp3) is 0.300.